The average molecular weight is 483 g/mol. The van der Waals surface area contributed by atoms with E-state index >= 15 is 0 Å². The van der Waals surface area contributed by atoms with Crippen LogP contribution in [0.1, 0.15) is 44.9 Å². The van der Waals surface area contributed by atoms with Crippen molar-refractivity contribution in [1.29, 1.82) is 0 Å². The third-order valence-electron chi connectivity index (χ3n) is 6.09. The van der Waals surface area contributed by atoms with Gasteiger partial charge in [0.05, 0.1) is 25.8 Å². The van der Waals surface area contributed by atoms with Gasteiger partial charge in [-0.3, -0.25) is 9.69 Å². The van der Waals surface area contributed by atoms with Gasteiger partial charge in [0.1, 0.15) is 0 Å². The Kier molecular flexibility index (Phi) is 9.37. The average Bonchev–Trinajstić information content (AvgIpc) is 2.84. The van der Waals surface area contributed by atoms with E-state index in [2.05, 4.69) is 22.5 Å². The van der Waals surface area contributed by atoms with E-state index in [1.54, 1.807) is 12.0 Å². The van der Waals surface area contributed by atoms with Crippen molar-refractivity contribution in [3.05, 3.63) is 53.6 Å². The molecule has 0 radical (unpaired) electrons. The number of nitrogens with zero attached hydrogens (tertiary/aromatic N) is 2. The Morgan fingerprint density at radius 3 is 2.37 bits per heavy atom. The number of para-hydroxylation sites is 1. The second-order valence-electron chi connectivity index (χ2n) is 9.07. The molecule has 2 aromatic rings. The molecule has 0 bridgehead atoms. The lowest BCUT2D eigenvalue weighted by Gasteiger charge is -2.35. The molecule has 1 saturated heterocycles. The van der Waals surface area contributed by atoms with Crippen molar-refractivity contribution >= 4 is 17.6 Å². The minimum atomic E-state index is -0.188. The van der Waals surface area contributed by atoms with Crippen LogP contribution in [0.15, 0.2) is 42.5 Å². The van der Waals surface area contributed by atoms with Crippen LogP contribution < -0.4 is 20.1 Å². The maximum Gasteiger partial charge on any atom is 0.317 e. The summed E-state index contributed by atoms with van der Waals surface area (Å²) in [5, 5.41) is 6.09. The van der Waals surface area contributed by atoms with Crippen LogP contribution in [0.4, 0.5) is 10.5 Å². The lowest BCUT2D eigenvalue weighted by Crippen LogP contribution is -2.53. The molecule has 1 atom stereocenters. The van der Waals surface area contributed by atoms with Gasteiger partial charge in [0.25, 0.3) is 0 Å². The fourth-order valence-electron chi connectivity index (χ4n) is 4.12. The Bertz CT molecular complexity index is 1000. The molecule has 3 rings (SSSR count). The van der Waals surface area contributed by atoms with Crippen LogP contribution in [0.25, 0.3) is 0 Å². The highest BCUT2D eigenvalue weighted by Gasteiger charge is 2.24. The number of anilines is 1. The molecule has 1 aliphatic heterocycles. The van der Waals surface area contributed by atoms with Gasteiger partial charge in [0.2, 0.25) is 5.91 Å². The van der Waals surface area contributed by atoms with E-state index in [-0.39, 0.29) is 24.1 Å². The molecule has 0 spiro atoms. The van der Waals surface area contributed by atoms with Gasteiger partial charge < -0.3 is 25.0 Å². The highest BCUT2D eigenvalue weighted by molar-refractivity contribution is 5.93. The zero-order chi connectivity index (χ0) is 25.4. The van der Waals surface area contributed by atoms with Crippen LogP contribution in [0.5, 0.6) is 11.5 Å². The third kappa shape index (κ3) is 7.36. The molecular formula is C27H38N4O4. The van der Waals surface area contributed by atoms with Gasteiger partial charge >= 0.3 is 6.03 Å². The smallest absolute Gasteiger partial charge is 0.317 e. The molecule has 190 valence electrons. The number of benzene rings is 2. The Morgan fingerprint density at radius 2 is 1.71 bits per heavy atom. The van der Waals surface area contributed by atoms with Gasteiger partial charge in [-0.2, -0.15) is 0 Å². The predicted octanol–water partition coefficient (Wildman–Crippen LogP) is 4.07. The molecule has 3 amide bonds. The van der Waals surface area contributed by atoms with Crippen molar-refractivity contribution in [2.24, 2.45) is 0 Å². The molecule has 35 heavy (non-hydrogen) atoms. The summed E-state index contributed by atoms with van der Waals surface area (Å²) in [6.45, 7) is 10.7. The number of methoxy groups -OCH3 is 1. The van der Waals surface area contributed by atoms with E-state index in [0.29, 0.717) is 44.2 Å². The fraction of sp³-hybridized carbons (Fsp3) is 0.481. The number of hydrogen-bond donors (Lipinski definition) is 2. The van der Waals surface area contributed by atoms with Gasteiger partial charge in [0, 0.05) is 31.9 Å². The van der Waals surface area contributed by atoms with Crippen LogP contribution in [0.3, 0.4) is 0 Å². The van der Waals surface area contributed by atoms with Crippen LogP contribution >= 0.6 is 0 Å². The second kappa shape index (κ2) is 12.4. The normalized spacial score (nSPS) is 15.0. The quantitative estimate of drug-likeness (QED) is 0.563. The molecule has 2 N–H and O–H groups in total. The van der Waals surface area contributed by atoms with Crippen molar-refractivity contribution in [1.82, 2.24) is 15.1 Å². The predicted molar refractivity (Wildman–Crippen MR) is 138 cm³/mol. The molecule has 1 aliphatic rings. The summed E-state index contributed by atoms with van der Waals surface area (Å²) in [4.78, 5) is 29.3. The van der Waals surface area contributed by atoms with E-state index in [1.807, 2.05) is 63.2 Å². The third-order valence-corrected chi connectivity index (χ3v) is 6.09. The molecule has 8 nitrogen and oxygen atoms in total. The summed E-state index contributed by atoms with van der Waals surface area (Å²) in [6, 6.07) is 13.3. The van der Waals surface area contributed by atoms with Gasteiger partial charge in [-0.15, -0.1) is 0 Å². The van der Waals surface area contributed by atoms with Crippen molar-refractivity contribution in [3.8, 4) is 11.5 Å². The Balaban J connectivity index is 1.48. The Morgan fingerprint density at radius 1 is 1.00 bits per heavy atom. The van der Waals surface area contributed by atoms with Crippen molar-refractivity contribution in [3.63, 3.8) is 0 Å². The van der Waals surface area contributed by atoms with Crippen LogP contribution in [0, 0.1) is 0 Å². The molecule has 1 unspecified atom stereocenters. The number of amides is 3. The number of nitrogens with one attached hydrogen (secondary N) is 2. The van der Waals surface area contributed by atoms with Gasteiger partial charge in [-0.25, -0.2) is 4.79 Å². The summed E-state index contributed by atoms with van der Waals surface area (Å²) in [5.41, 5.74) is 2.93. The monoisotopic (exact) mass is 482 g/mol. The lowest BCUT2D eigenvalue weighted by atomic mass is 10.1. The number of hydrogen-bond acceptors (Lipinski definition) is 5. The second-order valence-corrected chi connectivity index (χ2v) is 9.07. The summed E-state index contributed by atoms with van der Waals surface area (Å²) < 4.78 is 11.2. The first kappa shape index (κ1) is 26.3. The summed E-state index contributed by atoms with van der Waals surface area (Å²) in [5.74, 6) is 1.30. The maximum atomic E-state index is 12.9. The zero-order valence-corrected chi connectivity index (χ0v) is 21.5. The number of piperazine rings is 1. The first-order valence-electron chi connectivity index (χ1n) is 12.3. The standard InChI is InChI=1S/C27H38N4O4/c1-6-21-9-7-8-10-23(21)29-26(32)18-30-13-15-31(16-14-30)27(33)28-20(4)22-11-12-24(35-19(2)3)25(17-22)34-5/h7-12,17,19-20H,6,13-16,18H2,1-5H3,(H,28,33)(H,29,32). The van der Waals surface area contributed by atoms with E-state index < -0.39 is 0 Å². The fourth-order valence-corrected chi connectivity index (χ4v) is 4.12. The maximum absolute atomic E-state index is 12.9. The lowest BCUT2D eigenvalue weighted by molar-refractivity contribution is -0.117. The number of aryl methyl sites for hydroxylation is 1. The molecule has 0 saturated carbocycles. The molecule has 0 aromatic heterocycles. The van der Waals surface area contributed by atoms with Gasteiger partial charge in [-0.1, -0.05) is 31.2 Å². The summed E-state index contributed by atoms with van der Waals surface area (Å²) >= 11 is 0. The number of carbonyl (C=O) groups is 2. The molecular weight excluding hydrogens is 444 g/mol. The highest BCUT2D eigenvalue weighted by atomic mass is 16.5. The summed E-state index contributed by atoms with van der Waals surface area (Å²) in [6.07, 6.45) is 0.912. The molecule has 8 heteroatoms. The molecule has 0 aliphatic carbocycles. The summed E-state index contributed by atoms with van der Waals surface area (Å²) in [7, 11) is 1.61. The number of urea groups is 1. The van der Waals surface area contributed by atoms with E-state index in [9.17, 15) is 9.59 Å². The number of rotatable bonds is 9. The molecule has 1 heterocycles. The number of carbonyl (C=O) groups excluding carboxylic acids is 2. The minimum absolute atomic E-state index is 0.0312. The van der Waals surface area contributed by atoms with Gasteiger partial charge in [-0.05, 0) is 56.5 Å². The van der Waals surface area contributed by atoms with Crippen molar-refractivity contribution < 1.29 is 19.1 Å². The van der Waals surface area contributed by atoms with E-state index in [1.165, 1.54) is 0 Å². The first-order chi connectivity index (χ1) is 16.8. The SMILES string of the molecule is CCc1ccccc1NC(=O)CN1CCN(C(=O)NC(C)c2ccc(OC(C)C)c(OC)c2)CC1. The van der Waals surface area contributed by atoms with Crippen molar-refractivity contribution in [2.75, 3.05) is 45.2 Å². The first-order valence-corrected chi connectivity index (χ1v) is 12.3. The largest absolute Gasteiger partial charge is 0.493 e. The van der Waals surface area contributed by atoms with Gasteiger partial charge in [0.15, 0.2) is 11.5 Å². The van der Waals surface area contributed by atoms with Crippen molar-refractivity contribution in [2.45, 2.75) is 46.3 Å². The van der Waals surface area contributed by atoms with Crippen LogP contribution in [0.2, 0.25) is 0 Å². The Hall–Kier alpha value is -3.26. The minimum Gasteiger partial charge on any atom is -0.493 e. The van der Waals surface area contributed by atoms with Crippen LogP contribution in [-0.2, 0) is 11.2 Å². The molecule has 1 fully saturated rings. The van der Waals surface area contributed by atoms with E-state index in [4.69, 9.17) is 9.47 Å². The number of ether oxygens (including phenoxy) is 2. The molecule has 2 aromatic carbocycles. The highest BCUT2D eigenvalue weighted by Crippen LogP contribution is 2.31. The van der Waals surface area contributed by atoms with E-state index in [0.717, 1.165) is 23.2 Å². The van der Waals surface area contributed by atoms with Crippen LogP contribution in [-0.4, -0.2) is 67.7 Å². The topological polar surface area (TPSA) is 83.1 Å². The zero-order valence-electron chi connectivity index (χ0n) is 21.5. The Labute approximate surface area is 208 Å².